The molecule has 4 nitrogen and oxygen atoms in total. The van der Waals surface area contributed by atoms with Crippen LogP contribution in [-0.4, -0.2) is 14.8 Å². The van der Waals surface area contributed by atoms with E-state index in [-0.39, 0.29) is 6.04 Å². The third-order valence-electron chi connectivity index (χ3n) is 3.69. The third kappa shape index (κ3) is 2.89. The molecule has 3 aromatic rings. The van der Waals surface area contributed by atoms with Gasteiger partial charge in [0.25, 0.3) is 0 Å². The van der Waals surface area contributed by atoms with E-state index in [2.05, 4.69) is 22.6 Å². The molecule has 2 heterocycles. The van der Waals surface area contributed by atoms with Gasteiger partial charge in [0, 0.05) is 41.7 Å². The number of thiazole rings is 1. The molecule has 2 N–H and O–H groups in total. The highest BCUT2D eigenvalue weighted by atomic mass is 32.1. The Morgan fingerprint density at radius 3 is 2.71 bits per heavy atom. The maximum absolute atomic E-state index is 6.30. The summed E-state index contributed by atoms with van der Waals surface area (Å²) in [7, 11) is 1.93. The van der Waals surface area contributed by atoms with Crippen LogP contribution in [-0.2, 0) is 13.5 Å². The zero-order chi connectivity index (χ0) is 14.8. The predicted molar refractivity (Wildman–Crippen MR) is 86.1 cm³/mol. The second-order valence-electron chi connectivity index (χ2n) is 5.11. The summed E-state index contributed by atoms with van der Waals surface area (Å²) in [5.74, 6) is 0. The van der Waals surface area contributed by atoms with Crippen LogP contribution < -0.4 is 5.73 Å². The lowest BCUT2D eigenvalue weighted by molar-refractivity contribution is 0.698. The van der Waals surface area contributed by atoms with Crippen molar-refractivity contribution < 1.29 is 0 Å². The van der Waals surface area contributed by atoms with Crippen LogP contribution in [0.4, 0.5) is 0 Å². The van der Waals surface area contributed by atoms with Crippen LogP contribution in [0.5, 0.6) is 0 Å². The summed E-state index contributed by atoms with van der Waals surface area (Å²) in [5.41, 5.74) is 10.7. The van der Waals surface area contributed by atoms with Crippen molar-refractivity contribution in [1.82, 2.24) is 14.8 Å². The molecule has 108 valence electrons. The minimum absolute atomic E-state index is 0.0616. The van der Waals surface area contributed by atoms with E-state index in [1.165, 1.54) is 0 Å². The number of benzene rings is 1. The number of rotatable bonds is 4. The highest BCUT2D eigenvalue weighted by molar-refractivity contribution is 7.09. The Labute approximate surface area is 128 Å². The van der Waals surface area contributed by atoms with Gasteiger partial charge in [-0.05, 0) is 6.92 Å². The van der Waals surface area contributed by atoms with E-state index in [1.54, 1.807) is 11.3 Å². The van der Waals surface area contributed by atoms with Crippen molar-refractivity contribution in [3.63, 3.8) is 0 Å². The van der Waals surface area contributed by atoms with E-state index >= 15 is 0 Å². The molecule has 1 unspecified atom stereocenters. The van der Waals surface area contributed by atoms with Gasteiger partial charge in [0.05, 0.1) is 16.9 Å². The lowest BCUT2D eigenvalue weighted by Gasteiger charge is -2.09. The SMILES string of the molecule is Cc1c(C(N)Cc2nc(-c3ccccc3)cs2)cnn1C. The normalized spacial score (nSPS) is 12.5. The summed E-state index contributed by atoms with van der Waals surface area (Å²) in [6, 6.07) is 10.2. The largest absolute Gasteiger partial charge is 0.323 e. The second-order valence-corrected chi connectivity index (χ2v) is 6.05. The van der Waals surface area contributed by atoms with Gasteiger partial charge in [-0.15, -0.1) is 11.3 Å². The predicted octanol–water partition coefficient (Wildman–Crippen LogP) is 3.09. The van der Waals surface area contributed by atoms with Gasteiger partial charge in [0.2, 0.25) is 0 Å². The van der Waals surface area contributed by atoms with Gasteiger partial charge >= 0.3 is 0 Å². The average molecular weight is 298 g/mol. The molecule has 1 aromatic carbocycles. The van der Waals surface area contributed by atoms with E-state index < -0.39 is 0 Å². The number of hydrogen-bond donors (Lipinski definition) is 1. The fourth-order valence-corrected chi connectivity index (χ4v) is 3.19. The molecule has 0 amide bonds. The molecule has 3 rings (SSSR count). The summed E-state index contributed by atoms with van der Waals surface area (Å²) in [6.45, 7) is 2.04. The molecule has 5 heteroatoms. The lowest BCUT2D eigenvalue weighted by Crippen LogP contribution is -2.14. The van der Waals surface area contributed by atoms with Crippen LogP contribution in [0.3, 0.4) is 0 Å². The molecule has 21 heavy (non-hydrogen) atoms. The highest BCUT2D eigenvalue weighted by Crippen LogP contribution is 2.25. The summed E-state index contributed by atoms with van der Waals surface area (Å²) in [4.78, 5) is 4.69. The molecule has 0 saturated heterocycles. The van der Waals surface area contributed by atoms with Crippen molar-refractivity contribution in [1.29, 1.82) is 0 Å². The number of nitrogens with two attached hydrogens (primary N) is 1. The molecule has 0 aliphatic heterocycles. The Kier molecular flexibility index (Phi) is 3.86. The van der Waals surface area contributed by atoms with E-state index in [0.29, 0.717) is 0 Å². The Hall–Kier alpha value is -1.98. The molecule has 0 spiro atoms. The maximum Gasteiger partial charge on any atom is 0.0951 e. The van der Waals surface area contributed by atoms with Crippen molar-refractivity contribution in [2.24, 2.45) is 12.8 Å². The standard InChI is InChI=1S/C16H18N4S/c1-11-13(9-18-20(11)2)14(17)8-16-19-15(10-21-16)12-6-4-3-5-7-12/h3-7,9-10,14H,8,17H2,1-2H3. The van der Waals surface area contributed by atoms with Crippen LogP contribution in [0.25, 0.3) is 11.3 Å². The second kappa shape index (κ2) is 5.79. The maximum atomic E-state index is 6.30. The Morgan fingerprint density at radius 1 is 1.29 bits per heavy atom. The summed E-state index contributed by atoms with van der Waals surface area (Å²) >= 11 is 1.66. The van der Waals surface area contributed by atoms with Crippen molar-refractivity contribution in [3.8, 4) is 11.3 Å². The Balaban J connectivity index is 1.77. The minimum Gasteiger partial charge on any atom is -0.323 e. The number of hydrogen-bond acceptors (Lipinski definition) is 4. The van der Waals surface area contributed by atoms with Crippen LogP contribution >= 0.6 is 11.3 Å². The molecular weight excluding hydrogens is 280 g/mol. The first-order valence-corrected chi connectivity index (χ1v) is 7.77. The van der Waals surface area contributed by atoms with Crippen molar-refractivity contribution in [2.75, 3.05) is 0 Å². The van der Waals surface area contributed by atoms with Crippen molar-refractivity contribution in [2.45, 2.75) is 19.4 Å². The zero-order valence-corrected chi connectivity index (χ0v) is 13.0. The molecule has 0 radical (unpaired) electrons. The molecule has 0 saturated carbocycles. The fourth-order valence-electron chi connectivity index (χ4n) is 2.32. The summed E-state index contributed by atoms with van der Waals surface area (Å²) in [6.07, 6.45) is 2.59. The molecule has 0 aliphatic carbocycles. The minimum atomic E-state index is -0.0616. The van der Waals surface area contributed by atoms with Gasteiger partial charge in [0.1, 0.15) is 0 Å². The van der Waals surface area contributed by atoms with Gasteiger partial charge < -0.3 is 5.73 Å². The van der Waals surface area contributed by atoms with Crippen LogP contribution in [0.1, 0.15) is 22.3 Å². The van der Waals surface area contributed by atoms with Crippen LogP contribution in [0, 0.1) is 6.92 Å². The van der Waals surface area contributed by atoms with Gasteiger partial charge in [-0.1, -0.05) is 30.3 Å². The van der Waals surface area contributed by atoms with E-state index in [4.69, 9.17) is 10.7 Å². The van der Waals surface area contributed by atoms with Gasteiger partial charge in [0.15, 0.2) is 0 Å². The first-order valence-electron chi connectivity index (χ1n) is 6.89. The van der Waals surface area contributed by atoms with E-state index in [9.17, 15) is 0 Å². The van der Waals surface area contributed by atoms with Crippen LogP contribution in [0.15, 0.2) is 41.9 Å². The van der Waals surface area contributed by atoms with Gasteiger partial charge in [-0.2, -0.15) is 5.10 Å². The van der Waals surface area contributed by atoms with E-state index in [0.717, 1.165) is 33.9 Å². The highest BCUT2D eigenvalue weighted by Gasteiger charge is 2.15. The summed E-state index contributed by atoms with van der Waals surface area (Å²) in [5, 5.41) is 7.40. The van der Waals surface area contributed by atoms with Crippen molar-refractivity contribution >= 4 is 11.3 Å². The quantitative estimate of drug-likeness (QED) is 0.805. The van der Waals surface area contributed by atoms with Gasteiger partial charge in [-0.3, -0.25) is 4.68 Å². The smallest absolute Gasteiger partial charge is 0.0951 e. The molecule has 2 aromatic heterocycles. The number of aryl methyl sites for hydroxylation is 1. The van der Waals surface area contributed by atoms with Crippen molar-refractivity contribution in [3.05, 3.63) is 58.2 Å². The number of aromatic nitrogens is 3. The summed E-state index contributed by atoms with van der Waals surface area (Å²) < 4.78 is 1.85. The Morgan fingerprint density at radius 2 is 2.05 bits per heavy atom. The lowest BCUT2D eigenvalue weighted by atomic mass is 10.1. The number of nitrogens with zero attached hydrogens (tertiary/aromatic N) is 3. The monoisotopic (exact) mass is 298 g/mol. The van der Waals surface area contributed by atoms with Gasteiger partial charge in [-0.25, -0.2) is 4.98 Å². The Bertz CT molecular complexity index is 730. The third-order valence-corrected chi connectivity index (χ3v) is 4.56. The van der Waals surface area contributed by atoms with Crippen LogP contribution in [0.2, 0.25) is 0 Å². The molecule has 0 aliphatic rings. The zero-order valence-electron chi connectivity index (χ0n) is 12.2. The topological polar surface area (TPSA) is 56.7 Å². The molecule has 0 fully saturated rings. The fraction of sp³-hybridized carbons (Fsp3) is 0.250. The molecular formula is C16H18N4S. The average Bonchev–Trinajstić information content (AvgIpc) is 3.08. The molecule has 1 atom stereocenters. The first kappa shape index (κ1) is 14.0. The van der Waals surface area contributed by atoms with E-state index in [1.807, 2.05) is 43.0 Å². The first-order chi connectivity index (χ1) is 10.1. The molecule has 0 bridgehead atoms.